The number of hydrogen-bond donors (Lipinski definition) is 0. The summed E-state index contributed by atoms with van der Waals surface area (Å²) in [5.41, 5.74) is 0.0705. The zero-order chi connectivity index (χ0) is 10.2. The van der Waals surface area contributed by atoms with Crippen LogP contribution in [0.5, 0.6) is 0 Å². The van der Waals surface area contributed by atoms with E-state index in [1.165, 1.54) is 0 Å². The molecule has 2 nitrogen and oxygen atoms in total. The zero-order valence-electron chi connectivity index (χ0n) is 9.26. The minimum atomic E-state index is -0.0291. The van der Waals surface area contributed by atoms with Gasteiger partial charge in [0, 0.05) is 5.92 Å². The fraction of sp³-hybridized carbons (Fsp3) is 0.909. The molecule has 2 heteroatoms. The standard InChI is InChI=1S/C11H20O2/c1-7(2)8-6-9(12)13-10(8)11(3,4)5/h7-8,10H,6H2,1-5H3/t8-,10-/m1/s1. The summed E-state index contributed by atoms with van der Waals surface area (Å²) >= 11 is 0. The third-order valence-electron chi connectivity index (χ3n) is 2.76. The maximum absolute atomic E-state index is 11.2. The Bertz CT molecular complexity index is 201. The Morgan fingerprint density at radius 3 is 2.23 bits per heavy atom. The Hall–Kier alpha value is -0.530. The molecule has 13 heavy (non-hydrogen) atoms. The summed E-state index contributed by atoms with van der Waals surface area (Å²) < 4.78 is 5.36. The van der Waals surface area contributed by atoms with Crippen LogP contribution in [-0.2, 0) is 9.53 Å². The minimum Gasteiger partial charge on any atom is -0.461 e. The Kier molecular flexibility index (Phi) is 2.69. The van der Waals surface area contributed by atoms with E-state index in [1.54, 1.807) is 0 Å². The number of carbonyl (C=O) groups is 1. The van der Waals surface area contributed by atoms with Crippen molar-refractivity contribution in [3.8, 4) is 0 Å². The third kappa shape index (κ3) is 2.23. The molecule has 0 spiro atoms. The monoisotopic (exact) mass is 184 g/mol. The van der Waals surface area contributed by atoms with E-state index in [-0.39, 0.29) is 17.5 Å². The largest absolute Gasteiger partial charge is 0.461 e. The van der Waals surface area contributed by atoms with Crippen LogP contribution in [-0.4, -0.2) is 12.1 Å². The number of hydrogen-bond acceptors (Lipinski definition) is 2. The van der Waals surface area contributed by atoms with Gasteiger partial charge in [0.1, 0.15) is 6.10 Å². The molecule has 0 N–H and O–H groups in total. The van der Waals surface area contributed by atoms with E-state index >= 15 is 0 Å². The first-order valence-corrected chi connectivity index (χ1v) is 5.02. The van der Waals surface area contributed by atoms with E-state index in [1.807, 2.05) is 0 Å². The van der Waals surface area contributed by atoms with Gasteiger partial charge in [-0.15, -0.1) is 0 Å². The predicted octanol–water partition coefficient (Wildman–Crippen LogP) is 2.62. The third-order valence-corrected chi connectivity index (χ3v) is 2.76. The molecule has 76 valence electrons. The first kappa shape index (κ1) is 10.6. The van der Waals surface area contributed by atoms with Gasteiger partial charge in [0.2, 0.25) is 0 Å². The molecule has 0 saturated carbocycles. The first-order valence-electron chi connectivity index (χ1n) is 5.02. The van der Waals surface area contributed by atoms with E-state index in [2.05, 4.69) is 34.6 Å². The minimum absolute atomic E-state index is 0.0291. The van der Waals surface area contributed by atoms with Crippen molar-refractivity contribution in [2.75, 3.05) is 0 Å². The highest BCUT2D eigenvalue weighted by atomic mass is 16.6. The molecule has 0 aromatic carbocycles. The summed E-state index contributed by atoms with van der Waals surface area (Å²) in [6.45, 7) is 10.7. The van der Waals surface area contributed by atoms with Crippen LogP contribution in [0.15, 0.2) is 0 Å². The van der Waals surface area contributed by atoms with E-state index in [0.717, 1.165) is 0 Å². The molecule has 0 aromatic rings. The highest BCUT2D eigenvalue weighted by Gasteiger charge is 2.43. The van der Waals surface area contributed by atoms with Crippen LogP contribution in [0.3, 0.4) is 0 Å². The number of carbonyl (C=O) groups excluding carboxylic acids is 1. The molecule has 1 heterocycles. The van der Waals surface area contributed by atoms with Gasteiger partial charge in [0.25, 0.3) is 0 Å². The van der Waals surface area contributed by atoms with Crippen molar-refractivity contribution in [2.45, 2.75) is 47.1 Å². The smallest absolute Gasteiger partial charge is 0.306 e. The lowest BCUT2D eigenvalue weighted by Crippen LogP contribution is -2.33. The molecular formula is C11H20O2. The van der Waals surface area contributed by atoms with Gasteiger partial charge in [-0.05, 0) is 11.3 Å². The van der Waals surface area contributed by atoms with Crippen molar-refractivity contribution in [1.29, 1.82) is 0 Å². The van der Waals surface area contributed by atoms with Crippen molar-refractivity contribution >= 4 is 5.97 Å². The van der Waals surface area contributed by atoms with Crippen LogP contribution in [0.4, 0.5) is 0 Å². The van der Waals surface area contributed by atoms with Gasteiger partial charge in [0.05, 0.1) is 6.42 Å². The fourth-order valence-corrected chi connectivity index (χ4v) is 1.98. The predicted molar refractivity (Wildman–Crippen MR) is 52.3 cm³/mol. The second-order valence-corrected chi connectivity index (χ2v) is 5.39. The molecule has 1 saturated heterocycles. The molecule has 1 aliphatic rings. The van der Waals surface area contributed by atoms with Crippen LogP contribution in [0.1, 0.15) is 41.0 Å². The normalized spacial score (nSPS) is 29.5. The second kappa shape index (κ2) is 3.32. The lowest BCUT2D eigenvalue weighted by molar-refractivity contribution is -0.145. The summed E-state index contributed by atoms with van der Waals surface area (Å²) in [4.78, 5) is 11.2. The highest BCUT2D eigenvalue weighted by molar-refractivity contribution is 5.72. The fourth-order valence-electron chi connectivity index (χ4n) is 1.98. The van der Waals surface area contributed by atoms with E-state index in [9.17, 15) is 4.79 Å². The van der Waals surface area contributed by atoms with Crippen LogP contribution in [0.25, 0.3) is 0 Å². The number of ether oxygens (including phenoxy) is 1. The van der Waals surface area contributed by atoms with E-state index in [4.69, 9.17) is 4.74 Å². The number of rotatable bonds is 1. The second-order valence-electron chi connectivity index (χ2n) is 5.39. The van der Waals surface area contributed by atoms with E-state index < -0.39 is 0 Å². The SMILES string of the molecule is CC(C)[C@H]1CC(=O)O[C@H]1C(C)(C)C. The van der Waals surface area contributed by atoms with Crippen molar-refractivity contribution in [2.24, 2.45) is 17.3 Å². The molecule has 0 unspecified atom stereocenters. The van der Waals surface area contributed by atoms with Crippen LogP contribution < -0.4 is 0 Å². The molecule has 0 aliphatic carbocycles. The average molecular weight is 184 g/mol. The Morgan fingerprint density at radius 2 is 1.92 bits per heavy atom. The van der Waals surface area contributed by atoms with Crippen molar-refractivity contribution in [3.05, 3.63) is 0 Å². The summed E-state index contributed by atoms with van der Waals surface area (Å²) in [5.74, 6) is 0.891. The van der Waals surface area contributed by atoms with E-state index in [0.29, 0.717) is 18.3 Å². The van der Waals surface area contributed by atoms with Crippen LogP contribution in [0.2, 0.25) is 0 Å². The Labute approximate surface area is 80.7 Å². The van der Waals surface area contributed by atoms with Gasteiger partial charge in [-0.25, -0.2) is 0 Å². The number of cyclic esters (lactones) is 1. The highest BCUT2D eigenvalue weighted by Crippen LogP contribution is 2.38. The zero-order valence-corrected chi connectivity index (χ0v) is 9.26. The summed E-state index contributed by atoms with van der Waals surface area (Å²) in [5, 5.41) is 0. The summed E-state index contributed by atoms with van der Waals surface area (Å²) in [7, 11) is 0. The molecule has 1 fully saturated rings. The number of esters is 1. The van der Waals surface area contributed by atoms with Crippen molar-refractivity contribution in [1.82, 2.24) is 0 Å². The molecule has 2 atom stereocenters. The quantitative estimate of drug-likeness (QED) is 0.585. The maximum atomic E-state index is 11.2. The Balaban J connectivity index is 2.78. The maximum Gasteiger partial charge on any atom is 0.306 e. The molecule has 0 amide bonds. The lowest BCUT2D eigenvalue weighted by Gasteiger charge is -2.31. The van der Waals surface area contributed by atoms with Crippen LogP contribution in [0, 0.1) is 17.3 Å². The van der Waals surface area contributed by atoms with Gasteiger partial charge in [-0.3, -0.25) is 4.79 Å². The molecule has 0 aromatic heterocycles. The van der Waals surface area contributed by atoms with Gasteiger partial charge in [-0.2, -0.15) is 0 Å². The topological polar surface area (TPSA) is 26.3 Å². The van der Waals surface area contributed by atoms with Gasteiger partial charge >= 0.3 is 5.97 Å². The molecule has 1 aliphatic heterocycles. The average Bonchev–Trinajstić information content (AvgIpc) is 2.29. The van der Waals surface area contributed by atoms with Gasteiger partial charge < -0.3 is 4.74 Å². The lowest BCUT2D eigenvalue weighted by atomic mass is 9.77. The van der Waals surface area contributed by atoms with Gasteiger partial charge in [0.15, 0.2) is 0 Å². The van der Waals surface area contributed by atoms with Gasteiger partial charge in [-0.1, -0.05) is 34.6 Å². The summed E-state index contributed by atoms with van der Waals surface area (Å²) in [6, 6.07) is 0. The molecule has 0 bridgehead atoms. The van der Waals surface area contributed by atoms with Crippen molar-refractivity contribution in [3.63, 3.8) is 0 Å². The van der Waals surface area contributed by atoms with Crippen molar-refractivity contribution < 1.29 is 9.53 Å². The molecule has 0 radical (unpaired) electrons. The summed E-state index contributed by atoms with van der Waals surface area (Å²) in [6.07, 6.45) is 0.694. The molecular weight excluding hydrogens is 164 g/mol. The molecule has 1 rings (SSSR count). The first-order chi connectivity index (χ1) is 5.82. The van der Waals surface area contributed by atoms with Crippen LogP contribution >= 0.6 is 0 Å². The Morgan fingerprint density at radius 1 is 1.38 bits per heavy atom.